The molecule has 1 aliphatic heterocycles. The van der Waals surface area contributed by atoms with E-state index < -0.39 is 16.0 Å². The minimum absolute atomic E-state index is 0.187. The molecule has 0 radical (unpaired) electrons. The van der Waals surface area contributed by atoms with E-state index in [1.165, 1.54) is 22.7 Å². The number of benzene rings is 1. The molecule has 0 unspecified atom stereocenters. The maximum atomic E-state index is 12.3. The number of carbonyl (C=O) groups excluding carboxylic acids is 2. The molecule has 0 saturated carbocycles. The third-order valence-corrected chi connectivity index (χ3v) is 5.64. The maximum absolute atomic E-state index is 12.3. The summed E-state index contributed by atoms with van der Waals surface area (Å²) in [6.07, 6.45) is 2.10. The highest BCUT2D eigenvalue weighted by Crippen LogP contribution is 2.24. The average molecular weight is 389 g/mol. The number of halogens is 1. The van der Waals surface area contributed by atoms with E-state index >= 15 is 0 Å². The molecule has 0 aromatic heterocycles. The summed E-state index contributed by atoms with van der Waals surface area (Å²) < 4.78 is 29.3. The van der Waals surface area contributed by atoms with E-state index in [0.717, 1.165) is 0 Å². The van der Waals surface area contributed by atoms with Crippen molar-refractivity contribution >= 4 is 39.2 Å². The number of piperidine rings is 1. The van der Waals surface area contributed by atoms with Gasteiger partial charge in [-0.1, -0.05) is 11.6 Å². The van der Waals surface area contributed by atoms with Crippen LogP contribution in [-0.2, 0) is 19.6 Å². The van der Waals surface area contributed by atoms with Crippen molar-refractivity contribution in [1.29, 1.82) is 0 Å². The van der Waals surface area contributed by atoms with Crippen LogP contribution in [0.4, 0.5) is 5.69 Å². The summed E-state index contributed by atoms with van der Waals surface area (Å²) in [4.78, 5) is 24.1. The summed E-state index contributed by atoms with van der Waals surface area (Å²) >= 11 is 6.07. The van der Waals surface area contributed by atoms with E-state index in [0.29, 0.717) is 31.6 Å². The van der Waals surface area contributed by atoms with Gasteiger partial charge in [0.05, 0.1) is 23.4 Å². The van der Waals surface area contributed by atoms with Gasteiger partial charge in [-0.2, -0.15) is 0 Å². The lowest BCUT2D eigenvalue weighted by atomic mass is 9.97. The van der Waals surface area contributed by atoms with E-state index in [2.05, 4.69) is 5.32 Å². The quantitative estimate of drug-likeness (QED) is 0.780. The van der Waals surface area contributed by atoms with E-state index in [1.807, 2.05) is 0 Å². The first-order valence-corrected chi connectivity index (χ1v) is 10.2. The Labute approximate surface area is 152 Å². The van der Waals surface area contributed by atoms with Crippen LogP contribution in [0.1, 0.15) is 30.1 Å². The van der Waals surface area contributed by atoms with Crippen molar-refractivity contribution in [2.45, 2.75) is 19.8 Å². The third-order valence-electron chi connectivity index (χ3n) is 4.03. The van der Waals surface area contributed by atoms with Crippen LogP contribution >= 0.6 is 11.6 Å². The van der Waals surface area contributed by atoms with E-state index in [-0.39, 0.29) is 29.0 Å². The smallest absolute Gasteiger partial charge is 0.339 e. The summed E-state index contributed by atoms with van der Waals surface area (Å²) in [6.45, 7) is 2.62. The third kappa shape index (κ3) is 5.17. The lowest BCUT2D eigenvalue weighted by Crippen LogP contribution is -2.40. The molecule has 1 aliphatic rings. The minimum Gasteiger partial charge on any atom is -0.462 e. The Hall–Kier alpha value is -1.64. The van der Waals surface area contributed by atoms with Gasteiger partial charge in [0, 0.05) is 24.7 Å². The second-order valence-corrected chi connectivity index (χ2v) is 8.23. The lowest BCUT2D eigenvalue weighted by molar-refractivity contribution is -0.120. The molecule has 0 bridgehead atoms. The van der Waals surface area contributed by atoms with Crippen molar-refractivity contribution in [2.75, 3.05) is 31.3 Å². The Morgan fingerprint density at radius 1 is 1.32 bits per heavy atom. The number of rotatable bonds is 5. The van der Waals surface area contributed by atoms with Crippen LogP contribution < -0.4 is 5.32 Å². The second kappa shape index (κ2) is 8.16. The minimum atomic E-state index is -3.22. The van der Waals surface area contributed by atoms with Crippen LogP contribution in [0.25, 0.3) is 0 Å². The average Bonchev–Trinajstić information content (AvgIpc) is 2.54. The van der Waals surface area contributed by atoms with Gasteiger partial charge in [-0.25, -0.2) is 17.5 Å². The van der Waals surface area contributed by atoms with Crippen molar-refractivity contribution in [2.24, 2.45) is 5.92 Å². The zero-order chi connectivity index (χ0) is 18.6. The first kappa shape index (κ1) is 19.7. The molecule has 1 N–H and O–H groups in total. The summed E-state index contributed by atoms with van der Waals surface area (Å²) in [5.74, 6) is -0.965. The van der Waals surface area contributed by atoms with Gasteiger partial charge in [-0.15, -0.1) is 0 Å². The number of nitrogens with one attached hydrogen (secondary N) is 1. The van der Waals surface area contributed by atoms with Crippen LogP contribution in [0.15, 0.2) is 18.2 Å². The molecule has 1 aromatic rings. The Balaban J connectivity index is 1.97. The molecule has 1 amide bonds. The van der Waals surface area contributed by atoms with Crippen molar-refractivity contribution in [1.82, 2.24) is 4.31 Å². The molecule has 1 aromatic carbocycles. The number of amides is 1. The van der Waals surface area contributed by atoms with Crippen LogP contribution in [0.3, 0.4) is 0 Å². The SMILES string of the molecule is CCOC(=O)c1ccc(NC(=O)C2CCN(S(C)(=O)=O)CC2)cc1Cl. The molecule has 1 fully saturated rings. The first-order chi connectivity index (χ1) is 11.7. The summed E-state index contributed by atoms with van der Waals surface area (Å²) in [5, 5.41) is 2.96. The molecule has 1 saturated heterocycles. The van der Waals surface area contributed by atoms with Gasteiger partial charge >= 0.3 is 5.97 Å². The van der Waals surface area contributed by atoms with Crippen LogP contribution in [0.2, 0.25) is 5.02 Å². The van der Waals surface area contributed by atoms with E-state index in [9.17, 15) is 18.0 Å². The largest absolute Gasteiger partial charge is 0.462 e. The number of ether oxygens (including phenoxy) is 1. The second-order valence-electron chi connectivity index (χ2n) is 5.84. The summed E-state index contributed by atoms with van der Waals surface area (Å²) in [6, 6.07) is 4.58. The van der Waals surface area contributed by atoms with Crippen LogP contribution in [0.5, 0.6) is 0 Å². The van der Waals surface area contributed by atoms with Gasteiger partial charge in [0.15, 0.2) is 0 Å². The van der Waals surface area contributed by atoms with Gasteiger partial charge in [-0.3, -0.25) is 4.79 Å². The fourth-order valence-electron chi connectivity index (χ4n) is 2.66. The maximum Gasteiger partial charge on any atom is 0.339 e. The number of anilines is 1. The molecule has 1 heterocycles. The Morgan fingerprint density at radius 2 is 1.96 bits per heavy atom. The molecule has 2 rings (SSSR count). The first-order valence-electron chi connectivity index (χ1n) is 7.95. The predicted octanol–water partition coefficient (Wildman–Crippen LogP) is 2.13. The molecule has 0 atom stereocenters. The Kier molecular flexibility index (Phi) is 6.42. The molecule has 7 nitrogen and oxygen atoms in total. The molecule has 0 aliphatic carbocycles. The fraction of sp³-hybridized carbons (Fsp3) is 0.500. The van der Waals surface area contributed by atoms with Crippen molar-refractivity contribution in [3.05, 3.63) is 28.8 Å². The van der Waals surface area contributed by atoms with Crippen LogP contribution in [-0.4, -0.2) is 50.6 Å². The van der Waals surface area contributed by atoms with E-state index in [4.69, 9.17) is 16.3 Å². The standard InChI is InChI=1S/C16H21ClN2O5S/c1-3-24-16(21)13-5-4-12(10-14(13)17)18-15(20)11-6-8-19(9-7-11)25(2,22)23/h4-5,10-11H,3,6-9H2,1-2H3,(H,18,20). The highest BCUT2D eigenvalue weighted by atomic mass is 35.5. The highest BCUT2D eigenvalue weighted by molar-refractivity contribution is 7.88. The molecule has 138 valence electrons. The number of nitrogens with zero attached hydrogens (tertiary/aromatic N) is 1. The number of hydrogen-bond acceptors (Lipinski definition) is 5. The number of hydrogen-bond donors (Lipinski definition) is 1. The summed E-state index contributed by atoms with van der Waals surface area (Å²) in [5.41, 5.74) is 0.719. The Morgan fingerprint density at radius 3 is 2.48 bits per heavy atom. The molecule has 25 heavy (non-hydrogen) atoms. The zero-order valence-electron chi connectivity index (χ0n) is 14.1. The van der Waals surface area contributed by atoms with Crippen molar-refractivity contribution in [3.63, 3.8) is 0 Å². The molecular formula is C16H21ClN2O5S. The van der Waals surface area contributed by atoms with Gasteiger partial charge in [0.25, 0.3) is 0 Å². The van der Waals surface area contributed by atoms with Gasteiger partial charge in [-0.05, 0) is 38.0 Å². The normalized spacial score (nSPS) is 16.4. The van der Waals surface area contributed by atoms with E-state index in [1.54, 1.807) is 13.0 Å². The zero-order valence-corrected chi connectivity index (χ0v) is 15.7. The van der Waals surface area contributed by atoms with Crippen molar-refractivity contribution < 1.29 is 22.7 Å². The van der Waals surface area contributed by atoms with Crippen molar-refractivity contribution in [3.8, 4) is 0 Å². The van der Waals surface area contributed by atoms with Gasteiger partial charge in [0.1, 0.15) is 0 Å². The number of sulfonamides is 1. The predicted molar refractivity (Wildman–Crippen MR) is 95.2 cm³/mol. The topological polar surface area (TPSA) is 92.8 Å². The van der Waals surface area contributed by atoms with Crippen LogP contribution in [0, 0.1) is 5.92 Å². The summed E-state index contributed by atoms with van der Waals surface area (Å²) in [7, 11) is -3.22. The molecular weight excluding hydrogens is 368 g/mol. The number of esters is 1. The Bertz CT molecular complexity index is 758. The fourth-order valence-corrected chi connectivity index (χ4v) is 3.79. The van der Waals surface area contributed by atoms with Gasteiger partial charge in [0.2, 0.25) is 15.9 Å². The lowest BCUT2D eigenvalue weighted by Gasteiger charge is -2.29. The molecule has 0 spiro atoms. The number of carbonyl (C=O) groups is 2. The van der Waals surface area contributed by atoms with Gasteiger partial charge < -0.3 is 10.1 Å². The highest BCUT2D eigenvalue weighted by Gasteiger charge is 2.29. The molecule has 9 heteroatoms. The monoisotopic (exact) mass is 388 g/mol.